The minimum atomic E-state index is -0.812. The van der Waals surface area contributed by atoms with Crippen molar-refractivity contribution in [3.8, 4) is 6.07 Å². The van der Waals surface area contributed by atoms with Crippen molar-refractivity contribution in [2.75, 3.05) is 23.7 Å². The predicted octanol–water partition coefficient (Wildman–Crippen LogP) is 0.731. The number of anilines is 2. The van der Waals surface area contributed by atoms with Crippen LogP contribution in [0.2, 0.25) is 0 Å². The molecule has 1 atom stereocenters. The van der Waals surface area contributed by atoms with E-state index in [0.29, 0.717) is 31.0 Å². The summed E-state index contributed by atoms with van der Waals surface area (Å²) in [7, 11) is 0. The summed E-state index contributed by atoms with van der Waals surface area (Å²) in [4.78, 5) is 6.20. The van der Waals surface area contributed by atoms with Gasteiger partial charge in [-0.25, -0.2) is 13.9 Å². The fourth-order valence-corrected chi connectivity index (χ4v) is 2.15. The third-order valence-electron chi connectivity index (χ3n) is 3.06. The first-order valence-electron chi connectivity index (χ1n) is 5.63. The molecular formula is C11H11FN6. The first-order chi connectivity index (χ1) is 8.69. The Bertz CT molecular complexity index is 643. The Kier molecular flexibility index (Phi) is 2.30. The number of aromatic nitrogens is 3. The summed E-state index contributed by atoms with van der Waals surface area (Å²) < 4.78 is 14.6. The second-order valence-corrected chi connectivity index (χ2v) is 4.26. The van der Waals surface area contributed by atoms with E-state index in [-0.39, 0.29) is 11.4 Å². The van der Waals surface area contributed by atoms with Gasteiger partial charge < -0.3 is 10.6 Å². The van der Waals surface area contributed by atoms with Gasteiger partial charge in [-0.2, -0.15) is 5.26 Å². The molecule has 0 aromatic carbocycles. The molecule has 2 N–H and O–H groups in total. The summed E-state index contributed by atoms with van der Waals surface area (Å²) in [6, 6.07) is 3.73. The number of halogens is 1. The van der Waals surface area contributed by atoms with E-state index in [2.05, 4.69) is 10.1 Å². The number of rotatable bonds is 1. The molecule has 3 heterocycles. The van der Waals surface area contributed by atoms with Gasteiger partial charge in [-0.3, -0.25) is 0 Å². The summed E-state index contributed by atoms with van der Waals surface area (Å²) >= 11 is 0. The molecule has 3 rings (SSSR count). The van der Waals surface area contributed by atoms with Crippen molar-refractivity contribution < 1.29 is 4.39 Å². The van der Waals surface area contributed by atoms with Crippen LogP contribution in [0.15, 0.2) is 12.3 Å². The van der Waals surface area contributed by atoms with Crippen molar-refractivity contribution in [3.05, 3.63) is 17.8 Å². The van der Waals surface area contributed by atoms with Crippen LogP contribution in [0.25, 0.3) is 5.65 Å². The van der Waals surface area contributed by atoms with Gasteiger partial charge in [0.1, 0.15) is 23.6 Å². The van der Waals surface area contributed by atoms with E-state index in [1.165, 1.54) is 4.52 Å². The lowest BCUT2D eigenvalue weighted by Gasteiger charge is -2.15. The molecule has 7 heteroatoms. The van der Waals surface area contributed by atoms with Crippen molar-refractivity contribution in [2.24, 2.45) is 0 Å². The van der Waals surface area contributed by atoms with Gasteiger partial charge in [0, 0.05) is 12.7 Å². The van der Waals surface area contributed by atoms with E-state index in [1.54, 1.807) is 12.3 Å². The molecule has 6 nitrogen and oxygen atoms in total. The Balaban J connectivity index is 2.08. The van der Waals surface area contributed by atoms with E-state index >= 15 is 0 Å². The number of nitrogen functional groups attached to an aromatic ring is 1. The molecule has 0 saturated carbocycles. The van der Waals surface area contributed by atoms with Gasteiger partial charge >= 0.3 is 0 Å². The van der Waals surface area contributed by atoms with Gasteiger partial charge in [-0.1, -0.05) is 0 Å². The molecule has 0 radical (unpaired) electrons. The van der Waals surface area contributed by atoms with Crippen LogP contribution in [0.5, 0.6) is 0 Å². The summed E-state index contributed by atoms with van der Waals surface area (Å²) in [5.74, 6) is 0.811. The number of nitrogens with two attached hydrogens (primary N) is 1. The molecular weight excluding hydrogens is 235 g/mol. The average molecular weight is 246 g/mol. The smallest absolute Gasteiger partial charge is 0.177 e. The highest BCUT2D eigenvalue weighted by Crippen LogP contribution is 2.22. The van der Waals surface area contributed by atoms with E-state index in [4.69, 9.17) is 11.0 Å². The molecule has 1 aliphatic heterocycles. The zero-order valence-corrected chi connectivity index (χ0v) is 9.54. The van der Waals surface area contributed by atoms with E-state index in [9.17, 15) is 4.39 Å². The van der Waals surface area contributed by atoms with Crippen LogP contribution < -0.4 is 10.6 Å². The monoisotopic (exact) mass is 246 g/mol. The Labute approximate surface area is 102 Å². The quantitative estimate of drug-likeness (QED) is 0.802. The lowest BCUT2D eigenvalue weighted by atomic mass is 10.3. The SMILES string of the molecule is N#Cc1c(N)nn2ccc(N3CCC(F)C3)nc12. The summed E-state index contributed by atoms with van der Waals surface area (Å²) in [6.07, 6.45) is 1.38. The number of nitriles is 1. The van der Waals surface area contributed by atoms with Crippen LogP contribution in [-0.4, -0.2) is 33.9 Å². The first kappa shape index (κ1) is 10.8. The van der Waals surface area contributed by atoms with Crippen LogP contribution >= 0.6 is 0 Å². The highest BCUT2D eigenvalue weighted by Gasteiger charge is 2.23. The number of nitrogens with zero attached hydrogens (tertiary/aromatic N) is 5. The van der Waals surface area contributed by atoms with Crippen molar-refractivity contribution in [2.45, 2.75) is 12.6 Å². The van der Waals surface area contributed by atoms with Crippen LogP contribution in [0, 0.1) is 11.3 Å². The average Bonchev–Trinajstić information content (AvgIpc) is 2.91. The number of fused-ring (bicyclic) bond motifs is 1. The van der Waals surface area contributed by atoms with Gasteiger partial charge in [-0.15, -0.1) is 5.10 Å². The Morgan fingerprint density at radius 3 is 3.06 bits per heavy atom. The molecule has 1 saturated heterocycles. The molecule has 1 unspecified atom stereocenters. The first-order valence-corrected chi connectivity index (χ1v) is 5.63. The number of hydrogen-bond donors (Lipinski definition) is 1. The second kappa shape index (κ2) is 3.84. The summed E-state index contributed by atoms with van der Waals surface area (Å²) in [5, 5.41) is 13.0. The largest absolute Gasteiger partial charge is 0.381 e. The topological polar surface area (TPSA) is 83.2 Å². The standard InChI is InChI=1S/C11H11FN6/c12-7-1-3-17(6-7)9-2-4-18-11(15-9)8(5-13)10(14)16-18/h2,4,7H,1,3,6H2,(H2,14,16). The maximum atomic E-state index is 13.2. The van der Waals surface area contributed by atoms with Crippen LogP contribution in [0.1, 0.15) is 12.0 Å². The van der Waals surface area contributed by atoms with Gasteiger partial charge in [0.05, 0.1) is 6.54 Å². The molecule has 0 bridgehead atoms. The van der Waals surface area contributed by atoms with Gasteiger partial charge in [0.15, 0.2) is 11.5 Å². The lowest BCUT2D eigenvalue weighted by Crippen LogP contribution is -2.21. The molecule has 92 valence electrons. The Morgan fingerprint density at radius 2 is 2.39 bits per heavy atom. The lowest BCUT2D eigenvalue weighted by molar-refractivity contribution is 0.364. The molecule has 2 aromatic rings. The minimum absolute atomic E-state index is 0.159. The fraction of sp³-hybridized carbons (Fsp3) is 0.364. The van der Waals surface area contributed by atoms with Crippen LogP contribution in [0.4, 0.5) is 16.0 Å². The molecule has 0 spiro atoms. The normalized spacial score (nSPS) is 19.3. The zero-order chi connectivity index (χ0) is 12.7. The number of hydrogen-bond acceptors (Lipinski definition) is 5. The van der Waals surface area contributed by atoms with Gasteiger partial charge in [0.2, 0.25) is 0 Å². The molecule has 0 amide bonds. The fourth-order valence-electron chi connectivity index (χ4n) is 2.15. The van der Waals surface area contributed by atoms with Crippen molar-refractivity contribution in [3.63, 3.8) is 0 Å². The summed E-state index contributed by atoms with van der Waals surface area (Å²) in [5.41, 5.74) is 6.29. The molecule has 1 fully saturated rings. The van der Waals surface area contributed by atoms with E-state index in [0.717, 1.165) is 0 Å². The van der Waals surface area contributed by atoms with Gasteiger partial charge in [-0.05, 0) is 12.5 Å². The zero-order valence-electron chi connectivity index (χ0n) is 9.54. The Morgan fingerprint density at radius 1 is 1.56 bits per heavy atom. The van der Waals surface area contributed by atoms with E-state index < -0.39 is 6.17 Å². The predicted molar refractivity (Wildman–Crippen MR) is 63.8 cm³/mol. The van der Waals surface area contributed by atoms with Crippen LogP contribution in [-0.2, 0) is 0 Å². The Hall–Kier alpha value is -2.36. The second-order valence-electron chi connectivity index (χ2n) is 4.26. The molecule has 2 aromatic heterocycles. The van der Waals surface area contributed by atoms with Crippen molar-refractivity contribution in [1.29, 1.82) is 5.26 Å². The molecule has 0 aliphatic carbocycles. The van der Waals surface area contributed by atoms with Crippen molar-refractivity contribution in [1.82, 2.24) is 14.6 Å². The highest BCUT2D eigenvalue weighted by atomic mass is 19.1. The maximum Gasteiger partial charge on any atom is 0.177 e. The van der Waals surface area contributed by atoms with Crippen LogP contribution in [0.3, 0.4) is 0 Å². The number of alkyl halides is 1. The third kappa shape index (κ3) is 1.54. The van der Waals surface area contributed by atoms with Crippen molar-refractivity contribution >= 4 is 17.3 Å². The van der Waals surface area contributed by atoms with E-state index in [1.807, 2.05) is 11.0 Å². The molecule has 18 heavy (non-hydrogen) atoms. The highest BCUT2D eigenvalue weighted by molar-refractivity contribution is 5.67. The van der Waals surface area contributed by atoms with Gasteiger partial charge in [0.25, 0.3) is 0 Å². The summed E-state index contributed by atoms with van der Waals surface area (Å²) in [6.45, 7) is 0.977. The third-order valence-corrected chi connectivity index (χ3v) is 3.06. The minimum Gasteiger partial charge on any atom is -0.381 e. The maximum absolute atomic E-state index is 13.2. The molecule has 1 aliphatic rings.